The Bertz CT molecular complexity index is 114. The molecule has 0 aliphatic heterocycles. The summed E-state index contributed by atoms with van der Waals surface area (Å²) in [5, 5.41) is 0. The van der Waals surface area contributed by atoms with Gasteiger partial charge in [0.25, 0.3) is 0 Å². The van der Waals surface area contributed by atoms with Gasteiger partial charge in [0.1, 0.15) is 0 Å². The average molecular weight is 152 g/mol. The van der Waals surface area contributed by atoms with E-state index in [-0.39, 0.29) is 0 Å². The predicted octanol–water partition coefficient (Wildman–Crippen LogP) is 4.09. The number of hydrogen-bond acceptors (Lipinski definition) is 0. The van der Waals surface area contributed by atoms with Crippen molar-refractivity contribution in [1.29, 1.82) is 0 Å². The molecule has 1 aliphatic carbocycles. The van der Waals surface area contributed by atoms with Crippen LogP contribution in [-0.4, -0.2) is 0 Å². The first kappa shape index (κ1) is 10.5. The van der Waals surface area contributed by atoms with Gasteiger partial charge in [-0.3, -0.25) is 0 Å². The van der Waals surface area contributed by atoms with Crippen LogP contribution in [0, 0.1) is 0 Å². The van der Waals surface area contributed by atoms with Crippen molar-refractivity contribution in [3.05, 3.63) is 24.3 Å². The molecule has 0 spiro atoms. The SMILES string of the molecule is C1=CCCC1.C=C(C)CCC. The first-order valence-electron chi connectivity index (χ1n) is 4.56. The Morgan fingerprint density at radius 3 is 2.00 bits per heavy atom. The molecule has 0 heteroatoms. The molecular weight excluding hydrogens is 132 g/mol. The summed E-state index contributed by atoms with van der Waals surface area (Å²) in [6.07, 6.45) is 10.9. The van der Waals surface area contributed by atoms with Gasteiger partial charge in [-0.05, 0) is 32.6 Å². The van der Waals surface area contributed by atoms with Gasteiger partial charge in [0.05, 0.1) is 0 Å². The van der Waals surface area contributed by atoms with Crippen LogP contribution < -0.4 is 0 Å². The monoisotopic (exact) mass is 152 g/mol. The van der Waals surface area contributed by atoms with E-state index in [4.69, 9.17) is 0 Å². The molecule has 11 heavy (non-hydrogen) atoms. The third-order valence-electron chi connectivity index (χ3n) is 1.59. The quantitative estimate of drug-likeness (QED) is 0.523. The third kappa shape index (κ3) is 9.48. The second-order valence-corrected chi connectivity index (χ2v) is 3.11. The average Bonchev–Trinajstić information content (AvgIpc) is 2.41. The van der Waals surface area contributed by atoms with Crippen molar-refractivity contribution in [3.63, 3.8) is 0 Å². The van der Waals surface area contributed by atoms with Gasteiger partial charge in [0, 0.05) is 0 Å². The molecule has 0 N–H and O–H groups in total. The summed E-state index contributed by atoms with van der Waals surface area (Å²) in [5.41, 5.74) is 1.29. The second-order valence-electron chi connectivity index (χ2n) is 3.11. The van der Waals surface area contributed by atoms with Crippen LogP contribution in [0.2, 0.25) is 0 Å². The van der Waals surface area contributed by atoms with Crippen LogP contribution in [0.1, 0.15) is 46.0 Å². The minimum absolute atomic E-state index is 1.18. The van der Waals surface area contributed by atoms with E-state index in [9.17, 15) is 0 Å². The van der Waals surface area contributed by atoms with Crippen LogP contribution >= 0.6 is 0 Å². The Balaban J connectivity index is 0.000000183. The lowest BCUT2D eigenvalue weighted by atomic mass is 10.2. The summed E-state index contributed by atoms with van der Waals surface area (Å²) in [4.78, 5) is 0. The third-order valence-corrected chi connectivity index (χ3v) is 1.59. The van der Waals surface area contributed by atoms with E-state index >= 15 is 0 Å². The molecule has 0 aromatic carbocycles. The molecule has 1 rings (SSSR count). The maximum atomic E-state index is 3.74. The van der Waals surface area contributed by atoms with E-state index in [2.05, 4.69) is 32.6 Å². The number of rotatable bonds is 2. The number of allylic oxidation sites excluding steroid dienone is 3. The number of hydrogen-bond donors (Lipinski definition) is 0. The second kappa shape index (κ2) is 7.59. The van der Waals surface area contributed by atoms with Gasteiger partial charge in [-0.15, -0.1) is 6.58 Å². The minimum Gasteiger partial charge on any atom is -0.100 e. The van der Waals surface area contributed by atoms with Gasteiger partial charge in [-0.2, -0.15) is 0 Å². The molecule has 0 atom stereocenters. The van der Waals surface area contributed by atoms with Gasteiger partial charge in [-0.25, -0.2) is 0 Å². The summed E-state index contributed by atoms with van der Waals surface area (Å²) in [6, 6.07) is 0. The first-order chi connectivity index (χ1) is 5.27. The first-order valence-corrected chi connectivity index (χ1v) is 4.56. The lowest BCUT2D eigenvalue weighted by Crippen LogP contribution is -1.66. The van der Waals surface area contributed by atoms with Crippen LogP contribution in [0.25, 0.3) is 0 Å². The smallest absolute Gasteiger partial charge is 0.0328 e. The minimum atomic E-state index is 1.18. The maximum absolute atomic E-state index is 3.74. The zero-order chi connectivity index (χ0) is 8.53. The van der Waals surface area contributed by atoms with E-state index in [0.717, 1.165) is 0 Å². The molecule has 0 fully saturated rings. The fourth-order valence-electron chi connectivity index (χ4n) is 1.02. The van der Waals surface area contributed by atoms with Crippen molar-refractivity contribution in [2.24, 2.45) is 0 Å². The van der Waals surface area contributed by atoms with Crippen LogP contribution in [0.3, 0.4) is 0 Å². The maximum Gasteiger partial charge on any atom is -0.0328 e. The van der Waals surface area contributed by atoms with Crippen molar-refractivity contribution < 1.29 is 0 Å². The summed E-state index contributed by atoms with van der Waals surface area (Å²) in [6.45, 7) is 7.97. The highest BCUT2D eigenvalue weighted by Crippen LogP contribution is 2.05. The Morgan fingerprint density at radius 2 is 1.91 bits per heavy atom. The van der Waals surface area contributed by atoms with Crippen molar-refractivity contribution in [3.8, 4) is 0 Å². The van der Waals surface area contributed by atoms with Crippen molar-refractivity contribution in [1.82, 2.24) is 0 Å². The summed E-state index contributed by atoms with van der Waals surface area (Å²) in [5.74, 6) is 0. The molecule has 0 saturated heterocycles. The molecule has 64 valence electrons. The molecule has 0 heterocycles. The highest BCUT2D eigenvalue weighted by Gasteiger charge is 1.84. The molecule has 0 saturated carbocycles. The summed E-state index contributed by atoms with van der Waals surface area (Å²) >= 11 is 0. The fourth-order valence-corrected chi connectivity index (χ4v) is 1.02. The Kier molecular flexibility index (Phi) is 7.23. The van der Waals surface area contributed by atoms with Gasteiger partial charge < -0.3 is 0 Å². The van der Waals surface area contributed by atoms with Crippen LogP contribution in [0.15, 0.2) is 24.3 Å². The fraction of sp³-hybridized carbons (Fsp3) is 0.636. The van der Waals surface area contributed by atoms with Gasteiger partial charge in [0.15, 0.2) is 0 Å². The molecule has 0 nitrogen and oxygen atoms in total. The van der Waals surface area contributed by atoms with E-state index in [1.165, 1.54) is 37.7 Å². The summed E-state index contributed by atoms with van der Waals surface area (Å²) < 4.78 is 0. The van der Waals surface area contributed by atoms with E-state index in [1.807, 2.05) is 0 Å². The van der Waals surface area contributed by atoms with Gasteiger partial charge in [0.2, 0.25) is 0 Å². The standard InChI is InChI=1S/C6H12.C5H8/c1-4-5-6(2)3;1-2-4-5-3-1/h2,4-5H2,1,3H3;1-2H,3-5H2. The van der Waals surface area contributed by atoms with E-state index in [1.54, 1.807) is 0 Å². The highest BCUT2D eigenvalue weighted by atomic mass is 13.9. The lowest BCUT2D eigenvalue weighted by molar-refractivity contribution is 0.910. The Morgan fingerprint density at radius 1 is 1.36 bits per heavy atom. The lowest BCUT2D eigenvalue weighted by Gasteiger charge is -1.87. The molecule has 0 bridgehead atoms. The normalized spacial score (nSPS) is 14.0. The van der Waals surface area contributed by atoms with Crippen molar-refractivity contribution in [2.75, 3.05) is 0 Å². The molecular formula is C11H20. The summed E-state index contributed by atoms with van der Waals surface area (Å²) in [7, 11) is 0. The van der Waals surface area contributed by atoms with Crippen LogP contribution in [-0.2, 0) is 0 Å². The van der Waals surface area contributed by atoms with Crippen LogP contribution in [0.5, 0.6) is 0 Å². The van der Waals surface area contributed by atoms with E-state index < -0.39 is 0 Å². The topological polar surface area (TPSA) is 0 Å². The largest absolute Gasteiger partial charge is 0.100 e. The zero-order valence-electron chi connectivity index (χ0n) is 7.90. The van der Waals surface area contributed by atoms with Crippen molar-refractivity contribution >= 4 is 0 Å². The molecule has 0 radical (unpaired) electrons. The zero-order valence-corrected chi connectivity index (χ0v) is 7.90. The van der Waals surface area contributed by atoms with Gasteiger partial charge >= 0.3 is 0 Å². The Hall–Kier alpha value is -0.520. The van der Waals surface area contributed by atoms with E-state index in [0.29, 0.717) is 0 Å². The highest BCUT2D eigenvalue weighted by molar-refractivity contribution is 4.88. The molecule has 1 aliphatic rings. The molecule has 0 amide bonds. The van der Waals surface area contributed by atoms with Crippen molar-refractivity contribution in [2.45, 2.75) is 46.0 Å². The van der Waals surface area contributed by atoms with Crippen LogP contribution in [0.4, 0.5) is 0 Å². The Labute approximate surface area is 71.0 Å². The molecule has 0 aromatic rings. The van der Waals surface area contributed by atoms with Gasteiger partial charge in [-0.1, -0.05) is 31.1 Å². The molecule has 0 unspecified atom stereocenters. The predicted molar refractivity (Wildman–Crippen MR) is 52.7 cm³/mol. The molecule has 0 aromatic heterocycles.